The number of aromatic nitrogens is 4. The molecule has 4 aromatic rings. The number of nitrogens with zero attached hydrogens (tertiary/aromatic N) is 4. The van der Waals surface area contributed by atoms with Crippen molar-refractivity contribution in [1.82, 2.24) is 19.7 Å². The second-order valence-corrected chi connectivity index (χ2v) is 6.52. The fraction of sp³-hybridized carbons (Fsp3) is 0.118. The van der Waals surface area contributed by atoms with Crippen LogP contribution < -0.4 is 11.1 Å². The van der Waals surface area contributed by atoms with Crippen LogP contribution in [0, 0.1) is 0 Å². The molecule has 0 atom stereocenters. The summed E-state index contributed by atoms with van der Waals surface area (Å²) >= 11 is 1.52. The number of aromatic hydroxyl groups is 1. The van der Waals surface area contributed by atoms with Gasteiger partial charge in [-0.2, -0.15) is 9.67 Å². The average molecular weight is 352 g/mol. The number of phenols is 1. The number of anilines is 2. The Morgan fingerprint density at radius 3 is 2.68 bits per heavy atom. The van der Waals surface area contributed by atoms with E-state index in [9.17, 15) is 5.11 Å². The van der Waals surface area contributed by atoms with E-state index in [1.54, 1.807) is 16.8 Å². The second-order valence-electron chi connectivity index (χ2n) is 5.51. The number of hydrogen-bond acceptors (Lipinski definition) is 7. The lowest BCUT2D eigenvalue weighted by molar-refractivity contribution is 0.475. The number of benzene rings is 2. The minimum atomic E-state index is 0.265. The summed E-state index contributed by atoms with van der Waals surface area (Å²) in [6.45, 7) is 0.661. The molecule has 4 N–H and O–H groups in total. The van der Waals surface area contributed by atoms with Crippen molar-refractivity contribution >= 4 is 33.5 Å². The predicted octanol–water partition coefficient (Wildman–Crippen LogP) is 2.82. The fourth-order valence-corrected chi connectivity index (χ4v) is 3.40. The van der Waals surface area contributed by atoms with Crippen LogP contribution in [0.25, 0.3) is 15.3 Å². The van der Waals surface area contributed by atoms with Crippen LogP contribution >= 0.6 is 11.3 Å². The van der Waals surface area contributed by atoms with E-state index in [-0.39, 0.29) is 5.75 Å². The number of hydrogen-bond donors (Lipinski definition) is 3. The zero-order valence-electron chi connectivity index (χ0n) is 13.3. The Hall–Kier alpha value is -3.13. The molecule has 25 heavy (non-hydrogen) atoms. The molecule has 0 saturated heterocycles. The van der Waals surface area contributed by atoms with E-state index >= 15 is 0 Å². The minimum Gasteiger partial charge on any atom is -0.508 e. The molecule has 0 amide bonds. The van der Waals surface area contributed by atoms with Crippen LogP contribution in [-0.2, 0) is 6.42 Å². The molecule has 0 aliphatic rings. The molecular weight excluding hydrogens is 336 g/mol. The van der Waals surface area contributed by atoms with Gasteiger partial charge < -0.3 is 16.2 Å². The largest absolute Gasteiger partial charge is 0.508 e. The first-order valence-electron chi connectivity index (χ1n) is 7.79. The van der Waals surface area contributed by atoms with Crippen molar-refractivity contribution < 1.29 is 5.11 Å². The normalized spacial score (nSPS) is 11.0. The molecule has 0 radical (unpaired) electrons. The minimum absolute atomic E-state index is 0.265. The first-order chi connectivity index (χ1) is 12.2. The summed E-state index contributed by atoms with van der Waals surface area (Å²) in [5.41, 5.74) is 8.01. The van der Waals surface area contributed by atoms with Crippen LogP contribution in [0.4, 0.5) is 11.9 Å². The van der Waals surface area contributed by atoms with Crippen molar-refractivity contribution in [3.63, 3.8) is 0 Å². The maximum atomic E-state index is 9.30. The quantitative estimate of drug-likeness (QED) is 0.510. The number of rotatable bonds is 5. The van der Waals surface area contributed by atoms with Crippen LogP contribution in [0.15, 0.2) is 48.5 Å². The number of thiazole rings is 1. The smallest absolute Gasteiger partial charge is 0.244 e. The van der Waals surface area contributed by atoms with Gasteiger partial charge in [0.25, 0.3) is 0 Å². The molecule has 0 bridgehead atoms. The SMILES string of the molecule is Nc1nc(NCCc2ccc(O)cc2)nn1-c1nc2ccccc2s1. The molecule has 0 aliphatic heterocycles. The second kappa shape index (κ2) is 6.40. The number of para-hydroxylation sites is 1. The van der Waals surface area contributed by atoms with Gasteiger partial charge in [0, 0.05) is 6.54 Å². The van der Waals surface area contributed by atoms with E-state index in [2.05, 4.69) is 20.4 Å². The van der Waals surface area contributed by atoms with E-state index in [4.69, 9.17) is 5.73 Å². The molecule has 0 unspecified atom stereocenters. The number of nitrogens with two attached hydrogens (primary N) is 1. The van der Waals surface area contributed by atoms with Gasteiger partial charge >= 0.3 is 0 Å². The summed E-state index contributed by atoms with van der Waals surface area (Å²) in [5.74, 6) is 1.03. The summed E-state index contributed by atoms with van der Waals surface area (Å²) in [6, 6.07) is 15.0. The highest BCUT2D eigenvalue weighted by atomic mass is 32.1. The molecule has 0 aliphatic carbocycles. The zero-order chi connectivity index (χ0) is 17.2. The Balaban J connectivity index is 1.47. The molecular formula is C17H16N6OS. The van der Waals surface area contributed by atoms with Gasteiger partial charge in [0.2, 0.25) is 17.0 Å². The molecule has 8 heteroatoms. The third kappa shape index (κ3) is 3.24. The third-order valence-electron chi connectivity index (χ3n) is 3.73. The molecule has 0 fully saturated rings. The van der Waals surface area contributed by atoms with Gasteiger partial charge in [0.1, 0.15) is 5.75 Å². The highest BCUT2D eigenvalue weighted by Gasteiger charge is 2.12. The molecule has 2 aromatic carbocycles. The van der Waals surface area contributed by atoms with E-state index in [0.29, 0.717) is 23.6 Å². The van der Waals surface area contributed by atoms with Crippen molar-refractivity contribution in [1.29, 1.82) is 0 Å². The third-order valence-corrected chi connectivity index (χ3v) is 4.74. The lowest BCUT2D eigenvalue weighted by Crippen LogP contribution is -2.06. The van der Waals surface area contributed by atoms with Crippen LogP contribution in [0.5, 0.6) is 5.75 Å². The van der Waals surface area contributed by atoms with Crippen LogP contribution in [0.2, 0.25) is 0 Å². The molecule has 7 nitrogen and oxygen atoms in total. The predicted molar refractivity (Wildman–Crippen MR) is 99.2 cm³/mol. The fourth-order valence-electron chi connectivity index (χ4n) is 2.47. The molecule has 2 heterocycles. The standard InChI is InChI=1S/C17H16N6OS/c18-15-21-16(19-10-9-11-5-7-12(24)8-6-11)22-23(15)17-20-13-3-1-2-4-14(13)25-17/h1-8,24H,9-10H2,(H3,18,19,21,22). The van der Waals surface area contributed by atoms with E-state index in [1.165, 1.54) is 11.3 Å². The Labute approximate surface area is 147 Å². The summed E-state index contributed by atoms with van der Waals surface area (Å²) in [7, 11) is 0. The summed E-state index contributed by atoms with van der Waals surface area (Å²) < 4.78 is 2.63. The lowest BCUT2D eigenvalue weighted by atomic mass is 10.1. The highest BCUT2D eigenvalue weighted by Crippen LogP contribution is 2.25. The highest BCUT2D eigenvalue weighted by molar-refractivity contribution is 7.20. The van der Waals surface area contributed by atoms with Gasteiger partial charge in [0.15, 0.2) is 0 Å². The van der Waals surface area contributed by atoms with Crippen molar-refractivity contribution in [2.45, 2.75) is 6.42 Å². The van der Waals surface area contributed by atoms with Crippen LogP contribution in [0.1, 0.15) is 5.56 Å². The van der Waals surface area contributed by atoms with E-state index in [0.717, 1.165) is 22.2 Å². The average Bonchev–Trinajstić information content (AvgIpc) is 3.19. The van der Waals surface area contributed by atoms with Crippen LogP contribution in [-0.4, -0.2) is 31.4 Å². The number of phenolic OH excluding ortho intramolecular Hbond substituents is 1. The molecule has 0 spiro atoms. The van der Waals surface area contributed by atoms with E-state index < -0.39 is 0 Å². The molecule has 126 valence electrons. The maximum absolute atomic E-state index is 9.30. The van der Waals surface area contributed by atoms with Gasteiger partial charge in [-0.25, -0.2) is 4.98 Å². The van der Waals surface area contributed by atoms with Gasteiger partial charge in [0.05, 0.1) is 10.2 Å². The molecule has 4 rings (SSSR count). The number of fused-ring (bicyclic) bond motifs is 1. The van der Waals surface area contributed by atoms with E-state index in [1.807, 2.05) is 36.4 Å². The number of nitrogens with one attached hydrogen (secondary N) is 1. The summed E-state index contributed by atoms with van der Waals surface area (Å²) in [6.07, 6.45) is 0.788. The lowest BCUT2D eigenvalue weighted by Gasteiger charge is -2.02. The van der Waals surface area contributed by atoms with Crippen molar-refractivity contribution in [3.05, 3.63) is 54.1 Å². The van der Waals surface area contributed by atoms with Gasteiger partial charge in [-0.1, -0.05) is 35.6 Å². The van der Waals surface area contributed by atoms with Gasteiger partial charge in [-0.3, -0.25) is 0 Å². The Morgan fingerprint density at radius 2 is 1.88 bits per heavy atom. The topological polar surface area (TPSA) is 102 Å². The Bertz CT molecular complexity index is 975. The van der Waals surface area contributed by atoms with Crippen LogP contribution in [0.3, 0.4) is 0 Å². The Morgan fingerprint density at radius 1 is 1.08 bits per heavy atom. The van der Waals surface area contributed by atoms with Crippen molar-refractivity contribution in [2.75, 3.05) is 17.6 Å². The number of nitrogen functional groups attached to an aromatic ring is 1. The monoisotopic (exact) mass is 352 g/mol. The van der Waals surface area contributed by atoms with Crippen molar-refractivity contribution in [3.8, 4) is 10.9 Å². The molecule has 2 aromatic heterocycles. The van der Waals surface area contributed by atoms with Crippen molar-refractivity contribution in [2.24, 2.45) is 0 Å². The maximum Gasteiger partial charge on any atom is 0.244 e. The summed E-state index contributed by atoms with van der Waals surface area (Å²) in [4.78, 5) is 8.79. The van der Waals surface area contributed by atoms with Gasteiger partial charge in [-0.15, -0.1) is 5.10 Å². The first kappa shape index (κ1) is 15.4. The first-order valence-corrected chi connectivity index (χ1v) is 8.61. The molecule has 0 saturated carbocycles. The van der Waals surface area contributed by atoms with Gasteiger partial charge in [-0.05, 0) is 36.2 Å². The Kier molecular flexibility index (Phi) is 3.95. The zero-order valence-corrected chi connectivity index (χ0v) is 14.1. The summed E-state index contributed by atoms with van der Waals surface area (Å²) in [5, 5.41) is 17.6.